The third-order valence-electron chi connectivity index (χ3n) is 4.02. The lowest BCUT2D eigenvalue weighted by atomic mass is 9.73. The van der Waals surface area contributed by atoms with E-state index in [0.29, 0.717) is 11.3 Å². The lowest BCUT2D eigenvalue weighted by molar-refractivity contribution is -0.1000. The zero-order valence-corrected chi connectivity index (χ0v) is 10.5. The first-order chi connectivity index (χ1) is 6.89. The summed E-state index contributed by atoms with van der Waals surface area (Å²) in [6.07, 6.45) is 0.802. The van der Waals surface area contributed by atoms with Crippen LogP contribution in [0.3, 0.4) is 0 Å². The van der Waals surface area contributed by atoms with E-state index in [9.17, 15) is 10.2 Å². The van der Waals surface area contributed by atoms with Crippen LogP contribution in [0.15, 0.2) is 0 Å². The maximum atomic E-state index is 9.40. The molecule has 1 aliphatic rings. The molecule has 2 N–H and O–H groups in total. The molecule has 0 saturated carbocycles. The van der Waals surface area contributed by atoms with Gasteiger partial charge in [-0.1, -0.05) is 27.7 Å². The molecule has 0 spiro atoms. The van der Waals surface area contributed by atoms with Crippen LogP contribution in [-0.2, 0) is 0 Å². The molecule has 1 aliphatic heterocycles. The zero-order chi connectivity index (χ0) is 11.7. The molecule has 0 aliphatic carbocycles. The first-order valence-electron chi connectivity index (χ1n) is 5.86. The fourth-order valence-electron chi connectivity index (χ4n) is 2.11. The predicted octanol–water partition coefficient (Wildman–Crippen LogP) is 1.10. The van der Waals surface area contributed by atoms with Gasteiger partial charge >= 0.3 is 0 Å². The average Bonchev–Trinajstić information content (AvgIpc) is 2.08. The van der Waals surface area contributed by atoms with Gasteiger partial charge in [0.05, 0.1) is 18.8 Å². The van der Waals surface area contributed by atoms with Crippen molar-refractivity contribution < 1.29 is 10.2 Å². The van der Waals surface area contributed by atoms with Gasteiger partial charge in [-0.2, -0.15) is 0 Å². The molecule has 90 valence electrons. The molecule has 1 fully saturated rings. The summed E-state index contributed by atoms with van der Waals surface area (Å²) in [7, 11) is 0. The van der Waals surface area contributed by atoms with Crippen molar-refractivity contribution in [1.29, 1.82) is 0 Å². The Morgan fingerprint density at radius 3 is 1.87 bits per heavy atom. The van der Waals surface area contributed by atoms with Gasteiger partial charge in [0.15, 0.2) is 0 Å². The zero-order valence-electron chi connectivity index (χ0n) is 10.5. The number of hydrogen-bond acceptors (Lipinski definition) is 3. The van der Waals surface area contributed by atoms with Crippen molar-refractivity contribution in [2.45, 2.75) is 39.7 Å². The van der Waals surface area contributed by atoms with Gasteiger partial charge in [-0.25, -0.2) is 0 Å². The highest BCUT2D eigenvalue weighted by molar-refractivity contribution is 4.98. The second-order valence-corrected chi connectivity index (χ2v) is 5.86. The first kappa shape index (κ1) is 12.9. The molecule has 0 radical (unpaired) electrons. The third-order valence-corrected chi connectivity index (χ3v) is 4.02. The number of likely N-dealkylation sites (tertiary alicyclic amines) is 1. The van der Waals surface area contributed by atoms with Gasteiger partial charge in [0.1, 0.15) is 0 Å². The largest absolute Gasteiger partial charge is 0.394 e. The second kappa shape index (κ2) is 4.40. The van der Waals surface area contributed by atoms with Crippen LogP contribution in [0, 0.1) is 11.3 Å². The van der Waals surface area contributed by atoms with E-state index in [4.69, 9.17) is 0 Å². The van der Waals surface area contributed by atoms with E-state index < -0.39 is 0 Å². The molecule has 15 heavy (non-hydrogen) atoms. The number of nitrogens with zero attached hydrogens (tertiary/aromatic N) is 1. The second-order valence-electron chi connectivity index (χ2n) is 5.86. The Balaban J connectivity index is 2.56. The highest BCUT2D eigenvalue weighted by atomic mass is 16.3. The minimum Gasteiger partial charge on any atom is -0.394 e. The topological polar surface area (TPSA) is 43.7 Å². The molecule has 1 rings (SSSR count). The minimum atomic E-state index is -0.387. The number of aliphatic hydroxyl groups excluding tert-OH is 2. The van der Waals surface area contributed by atoms with Gasteiger partial charge in [0.25, 0.3) is 0 Å². The molecule has 0 aromatic rings. The summed E-state index contributed by atoms with van der Waals surface area (Å²) in [6, 6.07) is 0. The summed E-state index contributed by atoms with van der Waals surface area (Å²) in [5.74, 6) is 0.682. The molecule has 0 amide bonds. The van der Waals surface area contributed by atoms with Crippen molar-refractivity contribution in [3.8, 4) is 0 Å². The Hall–Kier alpha value is -0.120. The summed E-state index contributed by atoms with van der Waals surface area (Å²) < 4.78 is 0. The van der Waals surface area contributed by atoms with Crippen molar-refractivity contribution in [2.24, 2.45) is 11.3 Å². The predicted molar refractivity (Wildman–Crippen MR) is 61.7 cm³/mol. The fraction of sp³-hybridized carbons (Fsp3) is 1.00. The fourth-order valence-corrected chi connectivity index (χ4v) is 2.11. The molecule has 1 saturated heterocycles. The summed E-state index contributed by atoms with van der Waals surface area (Å²) in [5, 5.41) is 18.8. The number of rotatable bonds is 4. The molecular weight excluding hydrogens is 190 g/mol. The molecule has 0 atom stereocenters. The van der Waals surface area contributed by atoms with E-state index in [0.717, 1.165) is 19.5 Å². The van der Waals surface area contributed by atoms with Crippen LogP contribution in [0.4, 0.5) is 0 Å². The Morgan fingerprint density at radius 2 is 1.60 bits per heavy atom. The normalized spacial score (nSPS) is 20.4. The maximum Gasteiger partial charge on any atom is 0.0670 e. The number of hydrogen-bond donors (Lipinski definition) is 2. The minimum absolute atomic E-state index is 0.0524. The Morgan fingerprint density at radius 1 is 1.13 bits per heavy atom. The van der Waals surface area contributed by atoms with Crippen molar-refractivity contribution in [2.75, 3.05) is 26.3 Å². The summed E-state index contributed by atoms with van der Waals surface area (Å²) >= 11 is 0. The molecule has 0 aromatic heterocycles. The van der Waals surface area contributed by atoms with E-state index in [1.807, 2.05) is 6.92 Å². The molecule has 0 aromatic carbocycles. The van der Waals surface area contributed by atoms with Crippen LogP contribution in [-0.4, -0.2) is 47.0 Å². The molecule has 0 bridgehead atoms. The van der Waals surface area contributed by atoms with E-state index in [1.165, 1.54) is 0 Å². The Labute approximate surface area is 93.1 Å². The van der Waals surface area contributed by atoms with Crippen LogP contribution >= 0.6 is 0 Å². The van der Waals surface area contributed by atoms with Gasteiger partial charge in [0.2, 0.25) is 0 Å². The van der Waals surface area contributed by atoms with Crippen LogP contribution in [0.25, 0.3) is 0 Å². The van der Waals surface area contributed by atoms with E-state index in [1.54, 1.807) is 0 Å². The van der Waals surface area contributed by atoms with Crippen molar-refractivity contribution >= 4 is 0 Å². The summed E-state index contributed by atoms with van der Waals surface area (Å²) in [5.41, 5.74) is -0.0529. The summed E-state index contributed by atoms with van der Waals surface area (Å²) in [6.45, 7) is 10.9. The van der Waals surface area contributed by atoms with Gasteiger partial charge in [-0.05, 0) is 17.8 Å². The Kier molecular flexibility index (Phi) is 3.80. The molecule has 3 heteroatoms. The van der Waals surface area contributed by atoms with Gasteiger partial charge in [-0.3, -0.25) is 4.90 Å². The molecule has 3 nitrogen and oxygen atoms in total. The van der Waals surface area contributed by atoms with Crippen molar-refractivity contribution in [3.05, 3.63) is 0 Å². The van der Waals surface area contributed by atoms with Crippen LogP contribution in [0.1, 0.15) is 34.1 Å². The van der Waals surface area contributed by atoms with E-state index in [2.05, 4.69) is 25.7 Å². The van der Waals surface area contributed by atoms with Crippen LogP contribution < -0.4 is 0 Å². The molecule has 0 unspecified atom stereocenters. The third kappa shape index (κ3) is 2.35. The van der Waals surface area contributed by atoms with Gasteiger partial charge in [0, 0.05) is 13.1 Å². The van der Waals surface area contributed by atoms with E-state index >= 15 is 0 Å². The SMILES string of the molecule is CCC(CO)(CO)N1CC(C(C)(C)C)C1. The van der Waals surface area contributed by atoms with Crippen molar-refractivity contribution in [1.82, 2.24) is 4.90 Å². The lowest BCUT2D eigenvalue weighted by Gasteiger charge is -2.54. The number of aliphatic hydroxyl groups is 2. The monoisotopic (exact) mass is 215 g/mol. The molecule has 1 heterocycles. The highest BCUT2D eigenvalue weighted by Gasteiger charge is 2.45. The standard InChI is InChI=1S/C12H25NO2/c1-5-12(8-14,9-15)13-6-10(7-13)11(2,3)4/h10,14-15H,5-9H2,1-4H3. The van der Waals surface area contributed by atoms with Gasteiger partial charge < -0.3 is 10.2 Å². The van der Waals surface area contributed by atoms with E-state index in [-0.39, 0.29) is 18.8 Å². The Bertz CT molecular complexity index is 192. The average molecular weight is 215 g/mol. The van der Waals surface area contributed by atoms with Crippen molar-refractivity contribution in [3.63, 3.8) is 0 Å². The first-order valence-corrected chi connectivity index (χ1v) is 5.86. The van der Waals surface area contributed by atoms with Crippen LogP contribution in [0.5, 0.6) is 0 Å². The van der Waals surface area contributed by atoms with Gasteiger partial charge in [-0.15, -0.1) is 0 Å². The highest BCUT2D eigenvalue weighted by Crippen LogP contribution is 2.38. The lowest BCUT2D eigenvalue weighted by Crippen LogP contribution is -2.65. The molecular formula is C12H25NO2. The maximum absolute atomic E-state index is 9.40. The quantitative estimate of drug-likeness (QED) is 0.738. The smallest absolute Gasteiger partial charge is 0.0670 e. The van der Waals surface area contributed by atoms with Crippen LogP contribution in [0.2, 0.25) is 0 Å². The summed E-state index contributed by atoms with van der Waals surface area (Å²) in [4.78, 5) is 2.23.